The molecule has 1 aliphatic heterocycles. The van der Waals surface area contributed by atoms with Gasteiger partial charge < -0.3 is 10.2 Å². The molecule has 5 heteroatoms. The largest absolute Gasteiger partial charge is 0.369 e. The van der Waals surface area contributed by atoms with E-state index in [4.69, 9.17) is 0 Å². The van der Waals surface area contributed by atoms with E-state index in [0.29, 0.717) is 5.56 Å². The third-order valence-electron chi connectivity index (χ3n) is 4.98. The van der Waals surface area contributed by atoms with Gasteiger partial charge in [0.15, 0.2) is 12.0 Å². The number of piperazine rings is 1. The van der Waals surface area contributed by atoms with E-state index in [9.17, 15) is 9.18 Å². The molecule has 4 nitrogen and oxygen atoms in total. The van der Waals surface area contributed by atoms with Crippen LogP contribution in [0.3, 0.4) is 0 Å². The predicted octanol–water partition coefficient (Wildman–Crippen LogP) is 2.97. The zero-order valence-corrected chi connectivity index (χ0v) is 15.1. The highest BCUT2D eigenvalue weighted by Gasteiger charge is 2.28. The molecule has 0 aromatic heterocycles. The van der Waals surface area contributed by atoms with E-state index < -0.39 is 12.0 Å². The van der Waals surface area contributed by atoms with Crippen molar-refractivity contribution in [1.82, 2.24) is 10.2 Å². The minimum absolute atomic E-state index is 0.143. The molecule has 1 saturated heterocycles. The maximum Gasteiger partial charge on any atom is 0.197 e. The Labute approximate surface area is 154 Å². The van der Waals surface area contributed by atoms with Crippen LogP contribution in [0.15, 0.2) is 60.7 Å². The second kappa shape index (κ2) is 8.92. The number of hydrogen-bond acceptors (Lipinski definition) is 4. The van der Waals surface area contributed by atoms with Gasteiger partial charge in [-0.05, 0) is 19.2 Å². The number of carbonyl (C=O) groups excluding carboxylic acids is 1. The number of carbonyl (C=O) groups is 1. The Kier molecular flexibility index (Phi) is 6.36. The lowest BCUT2D eigenvalue weighted by molar-refractivity contribution is 0.0778. The molecule has 0 aliphatic carbocycles. The number of anilines is 1. The number of nitrogens with one attached hydrogen (secondary N) is 1. The van der Waals surface area contributed by atoms with Gasteiger partial charge in [0, 0.05) is 43.9 Å². The first-order valence-electron chi connectivity index (χ1n) is 9.13. The fourth-order valence-corrected chi connectivity index (χ4v) is 3.47. The zero-order valence-electron chi connectivity index (χ0n) is 15.1. The third-order valence-corrected chi connectivity index (χ3v) is 4.98. The molecule has 2 unspecified atom stereocenters. The normalized spacial score (nSPS) is 17.7. The molecule has 2 atom stereocenters. The molecule has 0 spiro atoms. The van der Waals surface area contributed by atoms with E-state index >= 15 is 0 Å². The molecule has 26 heavy (non-hydrogen) atoms. The number of nitrogens with zero attached hydrogens (tertiary/aromatic N) is 2. The van der Waals surface area contributed by atoms with Gasteiger partial charge in [-0.3, -0.25) is 9.69 Å². The topological polar surface area (TPSA) is 35.6 Å². The van der Waals surface area contributed by atoms with Gasteiger partial charge in [0.25, 0.3) is 0 Å². The zero-order chi connectivity index (χ0) is 18.4. The molecule has 0 radical (unpaired) electrons. The minimum atomic E-state index is -1.50. The average molecular weight is 355 g/mol. The molecule has 1 heterocycles. The summed E-state index contributed by atoms with van der Waals surface area (Å²) < 4.78 is 14.6. The van der Waals surface area contributed by atoms with Gasteiger partial charge in [-0.25, -0.2) is 4.39 Å². The second-order valence-electron chi connectivity index (χ2n) is 6.60. The van der Waals surface area contributed by atoms with Crippen molar-refractivity contribution in [2.24, 2.45) is 0 Å². The number of benzene rings is 2. The number of rotatable bonds is 7. The lowest BCUT2D eigenvalue weighted by Crippen LogP contribution is -2.55. The van der Waals surface area contributed by atoms with Crippen molar-refractivity contribution in [3.8, 4) is 0 Å². The first-order valence-corrected chi connectivity index (χ1v) is 9.13. The fourth-order valence-electron chi connectivity index (χ4n) is 3.47. The van der Waals surface area contributed by atoms with Crippen LogP contribution in [0.2, 0.25) is 0 Å². The predicted molar refractivity (Wildman–Crippen MR) is 103 cm³/mol. The van der Waals surface area contributed by atoms with Gasteiger partial charge in [-0.15, -0.1) is 0 Å². The maximum atomic E-state index is 14.6. The minimum Gasteiger partial charge on any atom is -0.369 e. The fraction of sp³-hybridized carbons (Fsp3) is 0.381. The van der Waals surface area contributed by atoms with Crippen LogP contribution in [0.1, 0.15) is 16.8 Å². The van der Waals surface area contributed by atoms with E-state index in [0.717, 1.165) is 26.2 Å². The molecular formula is C21H26FN3O. The number of Topliss-reactive ketones (excluding diaryl/α,β-unsaturated/α-hetero) is 1. The summed E-state index contributed by atoms with van der Waals surface area (Å²) in [6, 6.07) is 19.0. The van der Waals surface area contributed by atoms with Crippen molar-refractivity contribution in [3.63, 3.8) is 0 Å². The van der Waals surface area contributed by atoms with E-state index in [1.165, 1.54) is 5.69 Å². The standard InChI is InChI=1S/C21H26FN3O/c1-23-20(16-19(22)21(26)17-8-4-2-5-9-17)25-14-12-24(13-15-25)18-10-6-3-7-11-18/h2-11,19-20,23H,12-16H2,1H3. The van der Waals surface area contributed by atoms with Crippen molar-refractivity contribution in [2.75, 3.05) is 38.1 Å². The number of hydrogen-bond donors (Lipinski definition) is 1. The van der Waals surface area contributed by atoms with Crippen LogP contribution in [0, 0.1) is 0 Å². The smallest absolute Gasteiger partial charge is 0.197 e. The summed E-state index contributed by atoms with van der Waals surface area (Å²) in [7, 11) is 1.83. The summed E-state index contributed by atoms with van der Waals surface area (Å²) in [6.45, 7) is 3.47. The Morgan fingerprint density at radius 2 is 1.58 bits per heavy atom. The van der Waals surface area contributed by atoms with Gasteiger partial charge >= 0.3 is 0 Å². The van der Waals surface area contributed by atoms with Crippen molar-refractivity contribution >= 4 is 11.5 Å². The lowest BCUT2D eigenvalue weighted by atomic mass is 10.0. The Morgan fingerprint density at radius 1 is 1.00 bits per heavy atom. The highest BCUT2D eigenvalue weighted by molar-refractivity contribution is 5.99. The van der Waals surface area contributed by atoms with Crippen molar-refractivity contribution in [1.29, 1.82) is 0 Å². The van der Waals surface area contributed by atoms with E-state index in [-0.39, 0.29) is 12.6 Å². The molecule has 1 N–H and O–H groups in total. The summed E-state index contributed by atoms with van der Waals surface area (Å²) in [5.74, 6) is -0.436. The van der Waals surface area contributed by atoms with Crippen LogP contribution in [0.4, 0.5) is 10.1 Å². The van der Waals surface area contributed by atoms with Crippen molar-refractivity contribution in [2.45, 2.75) is 18.8 Å². The Morgan fingerprint density at radius 3 is 2.15 bits per heavy atom. The summed E-state index contributed by atoms with van der Waals surface area (Å²) in [5, 5.41) is 3.18. The highest BCUT2D eigenvalue weighted by atomic mass is 19.1. The van der Waals surface area contributed by atoms with E-state index in [2.05, 4.69) is 27.2 Å². The van der Waals surface area contributed by atoms with Crippen molar-refractivity contribution < 1.29 is 9.18 Å². The average Bonchev–Trinajstić information content (AvgIpc) is 2.72. The molecular weight excluding hydrogens is 329 g/mol. The SMILES string of the molecule is CNC(CC(F)C(=O)c1ccccc1)N1CCN(c2ccccc2)CC1. The van der Waals surface area contributed by atoms with Gasteiger partial charge in [0.1, 0.15) is 0 Å². The van der Waals surface area contributed by atoms with Crippen LogP contribution >= 0.6 is 0 Å². The van der Waals surface area contributed by atoms with E-state index in [1.807, 2.05) is 31.3 Å². The van der Waals surface area contributed by atoms with Gasteiger partial charge in [-0.1, -0.05) is 48.5 Å². The lowest BCUT2D eigenvalue weighted by Gasteiger charge is -2.40. The van der Waals surface area contributed by atoms with Crippen LogP contribution in [-0.2, 0) is 0 Å². The molecule has 1 fully saturated rings. The molecule has 0 saturated carbocycles. The number of halogens is 1. The van der Waals surface area contributed by atoms with E-state index in [1.54, 1.807) is 24.3 Å². The Hall–Kier alpha value is -2.24. The Bertz CT molecular complexity index is 687. The quantitative estimate of drug-likeness (QED) is 0.775. The molecule has 0 bridgehead atoms. The molecule has 1 aliphatic rings. The van der Waals surface area contributed by atoms with Gasteiger partial charge in [-0.2, -0.15) is 0 Å². The summed E-state index contributed by atoms with van der Waals surface area (Å²) >= 11 is 0. The summed E-state index contributed by atoms with van der Waals surface area (Å²) in [6.07, 6.45) is -1.48. The van der Waals surface area contributed by atoms with Gasteiger partial charge in [0.05, 0.1) is 6.17 Å². The molecule has 2 aromatic rings. The first kappa shape index (κ1) is 18.5. The number of alkyl halides is 1. The summed E-state index contributed by atoms with van der Waals surface area (Å²) in [4.78, 5) is 16.9. The molecule has 0 amide bonds. The molecule has 138 valence electrons. The molecule has 3 rings (SSSR count). The van der Waals surface area contributed by atoms with Crippen LogP contribution < -0.4 is 10.2 Å². The number of para-hydroxylation sites is 1. The Balaban J connectivity index is 1.55. The summed E-state index contributed by atoms with van der Waals surface area (Å²) in [5.41, 5.74) is 1.65. The van der Waals surface area contributed by atoms with Crippen LogP contribution in [-0.4, -0.2) is 56.2 Å². The van der Waals surface area contributed by atoms with Crippen LogP contribution in [0.25, 0.3) is 0 Å². The van der Waals surface area contributed by atoms with Crippen molar-refractivity contribution in [3.05, 3.63) is 66.2 Å². The van der Waals surface area contributed by atoms with Crippen LogP contribution in [0.5, 0.6) is 0 Å². The third kappa shape index (κ3) is 4.48. The monoisotopic (exact) mass is 355 g/mol. The highest BCUT2D eigenvalue weighted by Crippen LogP contribution is 2.19. The molecule has 2 aromatic carbocycles. The van der Waals surface area contributed by atoms with Gasteiger partial charge in [0.2, 0.25) is 0 Å². The second-order valence-corrected chi connectivity index (χ2v) is 6.60. The first-order chi connectivity index (χ1) is 12.7. The maximum absolute atomic E-state index is 14.6. The number of ketones is 1.